The molecule has 0 spiro atoms. The largest absolute Gasteiger partial charge is 0.508 e. The van der Waals surface area contributed by atoms with Gasteiger partial charge in [0, 0.05) is 32.5 Å². The van der Waals surface area contributed by atoms with Crippen LogP contribution in [0.25, 0.3) is 0 Å². The molecule has 0 bridgehead atoms. The Bertz CT molecular complexity index is 1540. The molecule has 1 heterocycles. The van der Waals surface area contributed by atoms with Gasteiger partial charge in [-0.3, -0.25) is 19.2 Å². The van der Waals surface area contributed by atoms with Gasteiger partial charge in [0.25, 0.3) is 5.91 Å². The number of hydrogen-bond donors (Lipinski definition) is 7. The minimum atomic E-state index is -1.57. The fourth-order valence-electron chi connectivity index (χ4n) is 6.76. The number of carboxylic acid groups (broad SMARTS) is 1. The molecule has 54 heavy (non-hydrogen) atoms. The molecule has 298 valence electrons. The van der Waals surface area contributed by atoms with Crippen molar-refractivity contribution in [2.24, 2.45) is 11.7 Å². The number of benzene rings is 2. The van der Waals surface area contributed by atoms with E-state index in [4.69, 9.17) is 5.73 Å². The standard InChI is InChI=1S/C40H59N5O9/c1-5-6-7-8-9-11-30(41)35(48)37(50)42-31(23-26-13-17-28(46)18-14-26)38(51)44(4)34(22-25(2)3)39(52)45-21-10-12-33(45)36(49)43-32(40(53)54)24-27-15-19-29(47)20-16-27/h13-20,25,30-35,46-48H,5-12,21-24,41H2,1-4H3,(H,42,50)(H,43,49)(H,53,54)/t30-,31+,32+,33+,34+,35+/m1/s1. The predicted octanol–water partition coefficient (Wildman–Crippen LogP) is 2.85. The molecular weight excluding hydrogens is 694 g/mol. The molecule has 0 aromatic heterocycles. The molecule has 3 rings (SSSR count). The second-order valence-electron chi connectivity index (χ2n) is 14.8. The summed E-state index contributed by atoms with van der Waals surface area (Å²) in [4.78, 5) is 70.3. The average molecular weight is 754 g/mol. The van der Waals surface area contributed by atoms with Crippen LogP contribution >= 0.6 is 0 Å². The van der Waals surface area contributed by atoms with Crippen LogP contribution in [0.15, 0.2) is 48.5 Å². The van der Waals surface area contributed by atoms with Crippen molar-refractivity contribution in [3.63, 3.8) is 0 Å². The van der Waals surface area contributed by atoms with E-state index in [9.17, 15) is 44.4 Å². The average Bonchev–Trinajstić information content (AvgIpc) is 3.64. The molecule has 4 amide bonds. The van der Waals surface area contributed by atoms with Gasteiger partial charge >= 0.3 is 5.97 Å². The van der Waals surface area contributed by atoms with Crippen LogP contribution in [0.4, 0.5) is 0 Å². The molecule has 14 nitrogen and oxygen atoms in total. The molecule has 2 aromatic rings. The minimum Gasteiger partial charge on any atom is -0.508 e. The van der Waals surface area contributed by atoms with Crippen molar-refractivity contribution < 1.29 is 44.4 Å². The Morgan fingerprint density at radius 1 is 0.870 bits per heavy atom. The third-order valence-electron chi connectivity index (χ3n) is 9.93. The number of nitrogens with zero attached hydrogens (tertiary/aromatic N) is 2. The van der Waals surface area contributed by atoms with E-state index in [-0.39, 0.29) is 43.2 Å². The molecule has 14 heteroatoms. The summed E-state index contributed by atoms with van der Waals surface area (Å²) in [5.41, 5.74) is 7.39. The number of likely N-dealkylation sites (N-methyl/N-ethyl adjacent to an activating group) is 1. The summed E-state index contributed by atoms with van der Waals surface area (Å²) in [6.45, 7) is 6.11. The summed E-state index contributed by atoms with van der Waals surface area (Å²) >= 11 is 0. The Morgan fingerprint density at radius 3 is 1.96 bits per heavy atom. The van der Waals surface area contributed by atoms with Gasteiger partial charge in [-0.05, 0) is 67.0 Å². The normalized spacial score (nSPS) is 16.9. The van der Waals surface area contributed by atoms with E-state index in [1.54, 1.807) is 24.3 Å². The molecule has 1 aliphatic heterocycles. The lowest BCUT2D eigenvalue weighted by Crippen LogP contribution is -2.59. The SMILES string of the molecule is CCCCCCC[C@@H](N)[C@H](O)C(=O)N[C@@H](Cc1ccc(O)cc1)C(=O)N(C)[C@@H](CC(C)C)C(=O)N1CCC[C@H]1C(=O)N[C@@H](Cc1ccc(O)cc1)C(=O)O. The van der Waals surface area contributed by atoms with Gasteiger partial charge in [-0.1, -0.05) is 77.1 Å². The van der Waals surface area contributed by atoms with E-state index in [0.29, 0.717) is 30.4 Å². The topological polar surface area (TPSA) is 223 Å². The number of hydrogen-bond acceptors (Lipinski definition) is 9. The molecular formula is C40H59N5O9. The van der Waals surface area contributed by atoms with Gasteiger partial charge in [-0.2, -0.15) is 0 Å². The van der Waals surface area contributed by atoms with Crippen LogP contribution in [-0.2, 0) is 36.8 Å². The lowest BCUT2D eigenvalue weighted by Gasteiger charge is -2.36. The maximum atomic E-state index is 14.3. The number of carboxylic acids is 1. The van der Waals surface area contributed by atoms with Crippen molar-refractivity contribution in [3.8, 4) is 11.5 Å². The lowest BCUT2D eigenvalue weighted by molar-refractivity contribution is -0.150. The predicted molar refractivity (Wildman–Crippen MR) is 203 cm³/mol. The van der Waals surface area contributed by atoms with Gasteiger partial charge in [-0.15, -0.1) is 0 Å². The Labute approximate surface area is 318 Å². The van der Waals surface area contributed by atoms with Crippen LogP contribution in [0.2, 0.25) is 0 Å². The van der Waals surface area contributed by atoms with Gasteiger partial charge in [0.05, 0.1) is 0 Å². The summed E-state index contributed by atoms with van der Waals surface area (Å²) in [6, 6.07) is 6.75. The van der Waals surface area contributed by atoms with Crippen molar-refractivity contribution in [2.75, 3.05) is 13.6 Å². The first-order valence-corrected chi connectivity index (χ1v) is 19.0. The van der Waals surface area contributed by atoms with E-state index in [1.807, 2.05) is 13.8 Å². The highest BCUT2D eigenvalue weighted by Crippen LogP contribution is 2.24. The number of aliphatic carboxylic acids is 1. The smallest absolute Gasteiger partial charge is 0.326 e. The number of carbonyl (C=O) groups is 5. The van der Waals surface area contributed by atoms with Gasteiger partial charge < -0.3 is 46.6 Å². The molecule has 1 aliphatic rings. The van der Waals surface area contributed by atoms with Crippen LogP contribution in [-0.4, -0.2) is 110 Å². The first-order valence-electron chi connectivity index (χ1n) is 19.0. The highest BCUT2D eigenvalue weighted by atomic mass is 16.4. The molecule has 6 atom stereocenters. The number of unbranched alkanes of at least 4 members (excludes halogenated alkanes) is 4. The quantitative estimate of drug-likeness (QED) is 0.0924. The molecule has 8 N–H and O–H groups in total. The first-order chi connectivity index (χ1) is 25.6. The number of carbonyl (C=O) groups excluding carboxylic acids is 4. The van der Waals surface area contributed by atoms with Gasteiger partial charge in [0.1, 0.15) is 41.8 Å². The number of nitrogens with one attached hydrogen (secondary N) is 2. The first kappa shape index (κ1) is 43.7. The fraction of sp³-hybridized carbons (Fsp3) is 0.575. The minimum absolute atomic E-state index is 0.0108. The summed E-state index contributed by atoms with van der Waals surface area (Å²) in [7, 11) is 1.46. The monoisotopic (exact) mass is 753 g/mol. The fourth-order valence-corrected chi connectivity index (χ4v) is 6.76. The molecule has 2 aromatic carbocycles. The van der Waals surface area contributed by atoms with Crippen LogP contribution in [0, 0.1) is 5.92 Å². The summed E-state index contributed by atoms with van der Waals surface area (Å²) in [6.07, 6.45) is 4.69. The van der Waals surface area contributed by atoms with Gasteiger partial charge in [0.15, 0.2) is 0 Å². The van der Waals surface area contributed by atoms with Gasteiger partial charge in [0.2, 0.25) is 17.7 Å². The zero-order valence-electron chi connectivity index (χ0n) is 31.9. The Hall–Kier alpha value is -4.69. The number of nitrogens with two attached hydrogens (primary N) is 1. The second-order valence-corrected chi connectivity index (χ2v) is 14.8. The number of amides is 4. The third kappa shape index (κ3) is 13.0. The van der Waals surface area contributed by atoms with Crippen molar-refractivity contribution in [2.45, 2.75) is 128 Å². The Balaban J connectivity index is 1.81. The van der Waals surface area contributed by atoms with Crippen molar-refractivity contribution in [1.29, 1.82) is 0 Å². The maximum absolute atomic E-state index is 14.3. The molecule has 0 unspecified atom stereocenters. The number of aliphatic hydroxyl groups is 1. The Morgan fingerprint density at radius 2 is 1.43 bits per heavy atom. The number of aliphatic hydroxyl groups excluding tert-OH is 1. The number of aromatic hydroxyl groups is 2. The van der Waals surface area contributed by atoms with E-state index >= 15 is 0 Å². The third-order valence-corrected chi connectivity index (χ3v) is 9.93. The summed E-state index contributed by atoms with van der Waals surface area (Å²) in [5, 5.41) is 45.4. The van der Waals surface area contributed by atoms with Crippen molar-refractivity contribution in [1.82, 2.24) is 20.4 Å². The summed E-state index contributed by atoms with van der Waals surface area (Å²) in [5.74, 6) is -3.80. The van der Waals surface area contributed by atoms with Crippen LogP contribution in [0.3, 0.4) is 0 Å². The molecule has 0 saturated carbocycles. The van der Waals surface area contributed by atoms with Gasteiger partial charge in [-0.25, -0.2) is 4.79 Å². The van der Waals surface area contributed by atoms with Crippen LogP contribution < -0.4 is 16.4 Å². The number of rotatable bonds is 21. The zero-order chi connectivity index (χ0) is 39.9. The molecule has 1 saturated heterocycles. The van der Waals surface area contributed by atoms with Crippen molar-refractivity contribution in [3.05, 3.63) is 59.7 Å². The molecule has 0 aliphatic carbocycles. The maximum Gasteiger partial charge on any atom is 0.326 e. The van der Waals surface area contributed by atoms with E-state index in [2.05, 4.69) is 17.6 Å². The number of likely N-dealkylation sites (tertiary alicyclic amines) is 1. The summed E-state index contributed by atoms with van der Waals surface area (Å²) < 4.78 is 0. The highest BCUT2D eigenvalue weighted by molar-refractivity contribution is 5.96. The molecule has 0 radical (unpaired) electrons. The van der Waals surface area contributed by atoms with E-state index in [0.717, 1.165) is 32.1 Å². The van der Waals surface area contributed by atoms with Crippen LogP contribution in [0.1, 0.15) is 89.7 Å². The zero-order valence-corrected chi connectivity index (χ0v) is 31.9. The Kier molecular flexibility index (Phi) is 17.2. The highest BCUT2D eigenvalue weighted by Gasteiger charge is 2.42. The van der Waals surface area contributed by atoms with E-state index in [1.165, 1.54) is 41.1 Å². The van der Waals surface area contributed by atoms with E-state index < -0.39 is 65.9 Å². The number of phenols is 2. The second kappa shape index (κ2) is 21.3. The van der Waals surface area contributed by atoms with Crippen molar-refractivity contribution >= 4 is 29.6 Å². The van der Waals surface area contributed by atoms with Crippen LogP contribution in [0.5, 0.6) is 11.5 Å². The lowest BCUT2D eigenvalue weighted by atomic mass is 9.98. The molecule has 1 fully saturated rings. The number of phenolic OH excluding ortho intramolecular Hbond substituents is 2.